The monoisotopic (exact) mass is 198 g/mol. The summed E-state index contributed by atoms with van der Waals surface area (Å²) in [4.78, 5) is 20.1. The molecule has 0 fully saturated rings. The number of hydrogen-bond acceptors (Lipinski definition) is 2. The van der Waals surface area contributed by atoms with E-state index in [1.807, 2.05) is 0 Å². The standard InChI is InChI=1S/C10H14O4/c11-9(12)7-5-3-1-2-4-6-8-10(13)14/h5-8H,1-4H2,(H,11,12)(H,13,14)/b7-5+,8-6+. The van der Waals surface area contributed by atoms with Crippen LogP contribution in [-0.2, 0) is 9.59 Å². The van der Waals surface area contributed by atoms with E-state index in [2.05, 4.69) is 0 Å². The van der Waals surface area contributed by atoms with E-state index in [9.17, 15) is 9.59 Å². The number of hydrogen-bond donors (Lipinski definition) is 2. The fraction of sp³-hybridized carbons (Fsp3) is 0.400. The predicted octanol–water partition coefficient (Wildman–Crippen LogP) is 1.83. The molecule has 0 saturated carbocycles. The van der Waals surface area contributed by atoms with Crippen molar-refractivity contribution >= 4 is 11.9 Å². The molecule has 0 rings (SSSR count). The van der Waals surface area contributed by atoms with Crippen LogP contribution in [0.4, 0.5) is 0 Å². The first kappa shape index (κ1) is 12.4. The summed E-state index contributed by atoms with van der Waals surface area (Å²) < 4.78 is 0. The molecule has 0 aliphatic heterocycles. The lowest BCUT2D eigenvalue weighted by Gasteiger charge is -1.91. The van der Waals surface area contributed by atoms with Gasteiger partial charge in [-0.25, -0.2) is 9.59 Å². The van der Waals surface area contributed by atoms with Gasteiger partial charge in [0.25, 0.3) is 0 Å². The normalized spacial score (nSPS) is 11.1. The number of rotatable bonds is 7. The largest absolute Gasteiger partial charge is 0.478 e. The van der Waals surface area contributed by atoms with Crippen LogP contribution in [0.2, 0.25) is 0 Å². The summed E-state index contributed by atoms with van der Waals surface area (Å²) in [7, 11) is 0. The van der Waals surface area contributed by atoms with Crippen LogP contribution < -0.4 is 0 Å². The molecule has 78 valence electrons. The van der Waals surface area contributed by atoms with E-state index in [0.29, 0.717) is 12.8 Å². The zero-order chi connectivity index (χ0) is 10.8. The molecule has 0 spiro atoms. The van der Waals surface area contributed by atoms with Gasteiger partial charge >= 0.3 is 11.9 Å². The van der Waals surface area contributed by atoms with E-state index in [0.717, 1.165) is 25.0 Å². The molecule has 0 radical (unpaired) electrons. The Morgan fingerprint density at radius 1 is 0.857 bits per heavy atom. The lowest BCUT2D eigenvalue weighted by molar-refractivity contribution is -0.132. The van der Waals surface area contributed by atoms with Crippen LogP contribution in [0, 0.1) is 0 Å². The summed E-state index contributed by atoms with van der Waals surface area (Å²) in [5.41, 5.74) is 0. The summed E-state index contributed by atoms with van der Waals surface area (Å²) >= 11 is 0. The van der Waals surface area contributed by atoms with Crippen molar-refractivity contribution in [2.75, 3.05) is 0 Å². The number of carbonyl (C=O) groups is 2. The molecule has 0 aromatic rings. The van der Waals surface area contributed by atoms with Crippen LogP contribution in [0.15, 0.2) is 24.3 Å². The molecule has 0 bridgehead atoms. The molecular weight excluding hydrogens is 184 g/mol. The Hall–Kier alpha value is -1.58. The molecule has 2 N–H and O–H groups in total. The zero-order valence-electron chi connectivity index (χ0n) is 7.85. The SMILES string of the molecule is O=C(O)/C=C/CCCC/C=C/C(=O)O. The fourth-order valence-electron chi connectivity index (χ4n) is 0.893. The molecule has 0 amide bonds. The van der Waals surface area contributed by atoms with Crippen molar-refractivity contribution in [3.05, 3.63) is 24.3 Å². The first-order chi connectivity index (χ1) is 6.63. The molecular formula is C10H14O4. The van der Waals surface area contributed by atoms with Crippen LogP contribution >= 0.6 is 0 Å². The summed E-state index contributed by atoms with van der Waals surface area (Å²) in [5.74, 6) is -1.87. The second-order valence-electron chi connectivity index (χ2n) is 2.77. The second-order valence-corrected chi connectivity index (χ2v) is 2.77. The maximum atomic E-state index is 10.0. The van der Waals surface area contributed by atoms with Crippen molar-refractivity contribution in [3.63, 3.8) is 0 Å². The Balaban J connectivity index is 3.30. The third kappa shape index (κ3) is 10.4. The van der Waals surface area contributed by atoms with Gasteiger partial charge in [-0.1, -0.05) is 12.2 Å². The van der Waals surface area contributed by atoms with Crippen molar-refractivity contribution in [2.45, 2.75) is 25.7 Å². The van der Waals surface area contributed by atoms with Gasteiger partial charge < -0.3 is 10.2 Å². The maximum absolute atomic E-state index is 10.0. The Morgan fingerprint density at radius 2 is 1.21 bits per heavy atom. The van der Waals surface area contributed by atoms with Gasteiger partial charge in [-0.15, -0.1) is 0 Å². The Labute approximate surface area is 82.6 Å². The highest BCUT2D eigenvalue weighted by molar-refractivity contribution is 5.79. The summed E-state index contributed by atoms with van der Waals surface area (Å²) in [6.45, 7) is 0. The van der Waals surface area contributed by atoms with Crippen molar-refractivity contribution in [1.29, 1.82) is 0 Å². The predicted molar refractivity (Wildman–Crippen MR) is 52.0 cm³/mol. The third-order valence-electron chi connectivity index (χ3n) is 1.51. The van der Waals surface area contributed by atoms with E-state index in [4.69, 9.17) is 10.2 Å². The van der Waals surface area contributed by atoms with Crippen LogP contribution in [0.1, 0.15) is 25.7 Å². The minimum Gasteiger partial charge on any atom is -0.478 e. The summed E-state index contributed by atoms with van der Waals surface area (Å²) in [6, 6.07) is 0. The van der Waals surface area contributed by atoms with Gasteiger partial charge in [0, 0.05) is 12.2 Å². The van der Waals surface area contributed by atoms with E-state index in [1.54, 1.807) is 12.2 Å². The summed E-state index contributed by atoms with van der Waals surface area (Å²) in [6.07, 6.45) is 8.61. The van der Waals surface area contributed by atoms with Gasteiger partial charge in [-0.3, -0.25) is 0 Å². The van der Waals surface area contributed by atoms with Crippen molar-refractivity contribution in [2.24, 2.45) is 0 Å². The van der Waals surface area contributed by atoms with Crippen LogP contribution in [-0.4, -0.2) is 22.2 Å². The van der Waals surface area contributed by atoms with E-state index in [1.165, 1.54) is 0 Å². The van der Waals surface area contributed by atoms with Crippen LogP contribution in [0.25, 0.3) is 0 Å². The van der Waals surface area contributed by atoms with Crippen molar-refractivity contribution in [1.82, 2.24) is 0 Å². The van der Waals surface area contributed by atoms with Gasteiger partial charge in [0.1, 0.15) is 0 Å². The summed E-state index contributed by atoms with van der Waals surface area (Å²) in [5, 5.41) is 16.5. The number of carboxylic acid groups (broad SMARTS) is 2. The maximum Gasteiger partial charge on any atom is 0.327 e. The average Bonchev–Trinajstić information content (AvgIpc) is 2.08. The van der Waals surface area contributed by atoms with Crippen LogP contribution in [0.3, 0.4) is 0 Å². The second kappa shape index (κ2) is 8.04. The topological polar surface area (TPSA) is 74.6 Å². The van der Waals surface area contributed by atoms with Gasteiger partial charge in [-0.2, -0.15) is 0 Å². The number of aliphatic carboxylic acids is 2. The molecule has 0 aromatic heterocycles. The van der Waals surface area contributed by atoms with Gasteiger partial charge in [-0.05, 0) is 25.7 Å². The molecule has 0 atom stereocenters. The lowest BCUT2D eigenvalue weighted by Crippen LogP contribution is -1.86. The minimum atomic E-state index is -0.934. The van der Waals surface area contributed by atoms with Gasteiger partial charge in [0.15, 0.2) is 0 Å². The molecule has 14 heavy (non-hydrogen) atoms. The highest BCUT2D eigenvalue weighted by atomic mass is 16.4. The molecule has 0 aromatic carbocycles. The van der Waals surface area contributed by atoms with Crippen molar-refractivity contribution < 1.29 is 19.8 Å². The first-order valence-electron chi connectivity index (χ1n) is 4.42. The Bertz CT molecular complexity index is 215. The molecule has 0 aliphatic rings. The third-order valence-corrected chi connectivity index (χ3v) is 1.51. The highest BCUT2D eigenvalue weighted by Gasteiger charge is 1.88. The lowest BCUT2D eigenvalue weighted by atomic mass is 10.2. The minimum absolute atomic E-state index is 0.715. The van der Waals surface area contributed by atoms with E-state index < -0.39 is 11.9 Å². The van der Waals surface area contributed by atoms with Gasteiger partial charge in [0.2, 0.25) is 0 Å². The Morgan fingerprint density at radius 3 is 1.50 bits per heavy atom. The van der Waals surface area contributed by atoms with E-state index >= 15 is 0 Å². The van der Waals surface area contributed by atoms with Gasteiger partial charge in [0.05, 0.1) is 0 Å². The number of carboxylic acids is 2. The zero-order valence-corrected chi connectivity index (χ0v) is 7.85. The van der Waals surface area contributed by atoms with Crippen molar-refractivity contribution in [3.8, 4) is 0 Å². The average molecular weight is 198 g/mol. The molecule has 0 aliphatic carbocycles. The molecule has 0 heterocycles. The highest BCUT2D eigenvalue weighted by Crippen LogP contribution is 2.01. The first-order valence-corrected chi connectivity index (χ1v) is 4.42. The van der Waals surface area contributed by atoms with E-state index in [-0.39, 0.29) is 0 Å². The van der Waals surface area contributed by atoms with Crippen LogP contribution in [0.5, 0.6) is 0 Å². The quantitative estimate of drug-likeness (QED) is 0.483. The molecule has 4 heteroatoms. The number of unbranched alkanes of at least 4 members (excludes halogenated alkanes) is 3. The molecule has 0 unspecified atom stereocenters. The molecule has 0 saturated heterocycles. The fourth-order valence-corrected chi connectivity index (χ4v) is 0.893. The Kier molecular flexibility index (Phi) is 7.13. The molecule has 4 nitrogen and oxygen atoms in total. The number of allylic oxidation sites excluding steroid dienone is 2. The smallest absolute Gasteiger partial charge is 0.327 e.